The van der Waals surface area contributed by atoms with Crippen LogP contribution >= 0.6 is 11.8 Å². The lowest BCUT2D eigenvalue weighted by molar-refractivity contribution is -0.143. The van der Waals surface area contributed by atoms with Crippen molar-refractivity contribution in [2.75, 3.05) is 13.7 Å². The second-order valence-corrected chi connectivity index (χ2v) is 5.94. The van der Waals surface area contributed by atoms with E-state index in [0.717, 1.165) is 0 Å². The van der Waals surface area contributed by atoms with Crippen LogP contribution in [0.1, 0.15) is 20.8 Å². The number of amides is 1. The molecule has 7 heteroatoms. The molecular formula is C11H18N2O4S. The van der Waals surface area contributed by atoms with Crippen LogP contribution in [-0.2, 0) is 14.3 Å². The van der Waals surface area contributed by atoms with Crippen molar-refractivity contribution in [2.24, 2.45) is 0 Å². The van der Waals surface area contributed by atoms with Crippen LogP contribution in [0.15, 0.2) is 11.6 Å². The third kappa shape index (κ3) is 3.83. The summed E-state index contributed by atoms with van der Waals surface area (Å²) in [5.41, 5.74) is -0.572. The van der Waals surface area contributed by atoms with Crippen molar-refractivity contribution in [1.82, 2.24) is 10.6 Å². The number of hydrogen-bond donors (Lipinski definition) is 2. The van der Waals surface area contributed by atoms with E-state index in [1.54, 1.807) is 32.4 Å². The summed E-state index contributed by atoms with van der Waals surface area (Å²) in [5.74, 6) is -0.450. The van der Waals surface area contributed by atoms with Gasteiger partial charge in [-0.1, -0.05) is 11.8 Å². The number of alkyl carbamates (subject to hydrolysis) is 1. The molecule has 0 aromatic heterocycles. The average molecular weight is 274 g/mol. The largest absolute Gasteiger partial charge is 0.467 e. The molecule has 0 aromatic carbocycles. The van der Waals surface area contributed by atoms with E-state index in [-0.39, 0.29) is 6.54 Å². The van der Waals surface area contributed by atoms with Gasteiger partial charge < -0.3 is 20.1 Å². The van der Waals surface area contributed by atoms with Gasteiger partial charge >= 0.3 is 12.1 Å². The molecule has 6 nitrogen and oxygen atoms in total. The predicted octanol–water partition coefficient (Wildman–Crippen LogP) is 1.19. The lowest BCUT2D eigenvalue weighted by atomic mass is 10.2. The number of rotatable bonds is 3. The fourth-order valence-corrected chi connectivity index (χ4v) is 2.14. The predicted molar refractivity (Wildman–Crippen MR) is 68.9 cm³/mol. The third-order valence-corrected chi connectivity index (χ3v) is 3.15. The molecule has 0 radical (unpaired) electrons. The number of nitrogens with one attached hydrogen (secondary N) is 2. The molecule has 0 fully saturated rings. The van der Waals surface area contributed by atoms with Gasteiger partial charge in [-0.15, -0.1) is 0 Å². The Morgan fingerprint density at radius 1 is 1.44 bits per heavy atom. The first-order chi connectivity index (χ1) is 8.29. The number of carbonyl (C=O) groups is 2. The molecule has 0 saturated heterocycles. The molecule has 1 aliphatic rings. The maximum absolute atomic E-state index is 11.7. The lowest BCUT2D eigenvalue weighted by Crippen LogP contribution is -2.54. The summed E-state index contributed by atoms with van der Waals surface area (Å²) >= 11 is 1.25. The number of ether oxygens (including phenoxy) is 2. The van der Waals surface area contributed by atoms with Gasteiger partial charge in [-0.3, -0.25) is 0 Å². The van der Waals surface area contributed by atoms with Crippen molar-refractivity contribution in [3.8, 4) is 0 Å². The summed E-state index contributed by atoms with van der Waals surface area (Å²) in [6.45, 7) is 5.39. The minimum atomic E-state index is -1.01. The Morgan fingerprint density at radius 3 is 2.56 bits per heavy atom. The summed E-state index contributed by atoms with van der Waals surface area (Å²) in [5, 5.41) is 7.16. The van der Waals surface area contributed by atoms with Gasteiger partial charge in [0.05, 0.1) is 13.7 Å². The molecule has 1 rings (SSSR count). The molecule has 0 saturated carbocycles. The first-order valence-corrected chi connectivity index (χ1v) is 6.33. The summed E-state index contributed by atoms with van der Waals surface area (Å²) < 4.78 is 9.81. The van der Waals surface area contributed by atoms with Gasteiger partial charge in [-0.2, -0.15) is 0 Å². The summed E-state index contributed by atoms with van der Waals surface area (Å²) in [4.78, 5) is 22.2. The highest BCUT2D eigenvalue weighted by Gasteiger charge is 2.42. The van der Waals surface area contributed by atoms with E-state index in [0.29, 0.717) is 0 Å². The normalized spacial score (nSPS) is 22.2. The number of carbonyl (C=O) groups excluding carboxylic acids is 2. The Balaban J connectivity index is 2.54. The van der Waals surface area contributed by atoms with Crippen molar-refractivity contribution in [3.63, 3.8) is 0 Å². The van der Waals surface area contributed by atoms with Crippen LogP contribution in [0, 0.1) is 0 Å². The molecule has 1 heterocycles. The van der Waals surface area contributed by atoms with Crippen LogP contribution < -0.4 is 10.6 Å². The third-order valence-electron chi connectivity index (χ3n) is 2.05. The first kappa shape index (κ1) is 14.7. The van der Waals surface area contributed by atoms with E-state index in [4.69, 9.17) is 9.47 Å². The Hall–Kier alpha value is -1.37. The fraction of sp³-hybridized carbons (Fsp3) is 0.636. The molecule has 1 aliphatic heterocycles. The molecule has 18 heavy (non-hydrogen) atoms. The maximum Gasteiger partial charge on any atom is 0.407 e. The van der Waals surface area contributed by atoms with Crippen molar-refractivity contribution in [1.29, 1.82) is 0 Å². The zero-order valence-corrected chi connectivity index (χ0v) is 11.7. The van der Waals surface area contributed by atoms with E-state index in [1.165, 1.54) is 18.9 Å². The van der Waals surface area contributed by atoms with Crippen molar-refractivity contribution >= 4 is 23.8 Å². The van der Waals surface area contributed by atoms with Crippen molar-refractivity contribution in [2.45, 2.75) is 31.2 Å². The van der Waals surface area contributed by atoms with Gasteiger partial charge in [-0.25, -0.2) is 9.59 Å². The van der Waals surface area contributed by atoms with E-state index in [1.807, 2.05) is 0 Å². The molecule has 0 aliphatic carbocycles. The number of thioether (sulfide) groups is 1. The van der Waals surface area contributed by atoms with Gasteiger partial charge in [0.1, 0.15) is 5.60 Å². The van der Waals surface area contributed by atoms with Gasteiger partial charge in [-0.05, 0) is 26.2 Å². The summed E-state index contributed by atoms with van der Waals surface area (Å²) in [7, 11) is 1.30. The first-order valence-electron chi connectivity index (χ1n) is 5.45. The van der Waals surface area contributed by atoms with E-state index in [2.05, 4.69) is 10.6 Å². The molecular weight excluding hydrogens is 256 g/mol. The van der Waals surface area contributed by atoms with Crippen molar-refractivity contribution < 1.29 is 19.1 Å². The van der Waals surface area contributed by atoms with Crippen LogP contribution in [0.5, 0.6) is 0 Å². The quantitative estimate of drug-likeness (QED) is 0.753. The highest BCUT2D eigenvalue weighted by atomic mass is 32.2. The van der Waals surface area contributed by atoms with E-state index < -0.39 is 22.5 Å². The van der Waals surface area contributed by atoms with Gasteiger partial charge in [0.15, 0.2) is 0 Å². The molecule has 1 amide bonds. The zero-order valence-electron chi connectivity index (χ0n) is 10.9. The van der Waals surface area contributed by atoms with Crippen LogP contribution in [0.2, 0.25) is 0 Å². The molecule has 102 valence electrons. The monoisotopic (exact) mass is 274 g/mol. The average Bonchev–Trinajstić information content (AvgIpc) is 2.73. The smallest absolute Gasteiger partial charge is 0.407 e. The highest BCUT2D eigenvalue weighted by molar-refractivity contribution is 8.04. The minimum absolute atomic E-state index is 0.0756. The highest BCUT2D eigenvalue weighted by Crippen LogP contribution is 2.29. The molecule has 2 N–H and O–H groups in total. The SMILES string of the molecule is COC(=O)C1(CNC(=O)OC(C)(C)C)NC=CS1. The van der Waals surface area contributed by atoms with Gasteiger partial charge in [0.25, 0.3) is 0 Å². The summed E-state index contributed by atoms with van der Waals surface area (Å²) in [6, 6.07) is 0. The Kier molecular flexibility index (Phi) is 4.50. The second kappa shape index (κ2) is 5.51. The molecule has 0 aromatic rings. The standard InChI is InChI=1S/C11H18N2O4S/c1-10(2,3)17-9(15)12-7-11(8(14)16-4)13-5-6-18-11/h5-6,13H,7H2,1-4H3,(H,12,15). The van der Waals surface area contributed by atoms with E-state index in [9.17, 15) is 9.59 Å². The second-order valence-electron chi connectivity index (χ2n) is 4.74. The maximum atomic E-state index is 11.7. The molecule has 0 spiro atoms. The Labute approximate surface area is 110 Å². The number of methoxy groups -OCH3 is 1. The fourth-order valence-electron chi connectivity index (χ4n) is 1.30. The topological polar surface area (TPSA) is 76.7 Å². The summed E-state index contributed by atoms with van der Waals surface area (Å²) in [6.07, 6.45) is 1.07. The van der Waals surface area contributed by atoms with E-state index >= 15 is 0 Å². The van der Waals surface area contributed by atoms with Crippen LogP contribution in [0.4, 0.5) is 4.79 Å². The van der Waals surface area contributed by atoms with Crippen LogP contribution in [0.3, 0.4) is 0 Å². The number of hydrogen-bond acceptors (Lipinski definition) is 6. The molecule has 1 atom stereocenters. The van der Waals surface area contributed by atoms with Gasteiger partial charge in [0, 0.05) is 6.20 Å². The number of esters is 1. The lowest BCUT2D eigenvalue weighted by Gasteiger charge is -2.27. The van der Waals surface area contributed by atoms with Crippen molar-refractivity contribution in [3.05, 3.63) is 11.6 Å². The zero-order chi connectivity index (χ0) is 13.8. The molecule has 0 bridgehead atoms. The Bertz CT molecular complexity index is 355. The van der Waals surface area contributed by atoms with Gasteiger partial charge in [0.2, 0.25) is 4.87 Å². The van der Waals surface area contributed by atoms with Crippen LogP contribution in [-0.4, -0.2) is 36.2 Å². The minimum Gasteiger partial charge on any atom is -0.467 e. The van der Waals surface area contributed by atoms with Crippen LogP contribution in [0.25, 0.3) is 0 Å². The Morgan fingerprint density at radius 2 is 2.11 bits per heavy atom. The molecule has 1 unspecified atom stereocenters.